The molecule has 258 valence electrons. The Balaban J connectivity index is 1.19. The maximum Gasteiger partial charge on any atom is 0.254 e. The van der Waals surface area contributed by atoms with Gasteiger partial charge in [0.05, 0.1) is 0 Å². The molecule has 0 bridgehead atoms. The molecule has 3 unspecified atom stereocenters. The lowest BCUT2D eigenvalue weighted by atomic mass is 9.86. The molecular weight excluding hydrogens is 604 g/mol. The number of allylic oxidation sites excluding steroid dienone is 2. The van der Waals surface area contributed by atoms with Crippen LogP contribution in [0.3, 0.4) is 0 Å². The number of aliphatic hydroxyl groups is 1. The minimum absolute atomic E-state index is 0.0278. The van der Waals surface area contributed by atoms with Gasteiger partial charge in [0.1, 0.15) is 11.7 Å². The number of methoxy groups -OCH3 is 1. The number of nitrogens with zero attached hydrogens (tertiary/aromatic N) is 3. The van der Waals surface area contributed by atoms with Crippen LogP contribution in [0.25, 0.3) is 0 Å². The number of amides is 3. The molecule has 3 amide bonds. The zero-order chi connectivity index (χ0) is 34.5. The van der Waals surface area contributed by atoms with Crippen molar-refractivity contribution in [3.63, 3.8) is 0 Å². The Hall–Kier alpha value is -3.79. The summed E-state index contributed by atoms with van der Waals surface area (Å²) in [6.07, 6.45) is 8.14. The summed E-state index contributed by atoms with van der Waals surface area (Å²) in [5.41, 5.74) is 4.46. The van der Waals surface area contributed by atoms with Gasteiger partial charge in [-0.1, -0.05) is 54.6 Å². The summed E-state index contributed by atoms with van der Waals surface area (Å²) < 4.78 is 5.60. The third-order valence-electron chi connectivity index (χ3n) is 10.5. The van der Waals surface area contributed by atoms with Crippen LogP contribution in [0.1, 0.15) is 74.0 Å². The molecule has 3 atom stereocenters. The third-order valence-corrected chi connectivity index (χ3v) is 10.5. The lowest BCUT2D eigenvalue weighted by molar-refractivity contribution is -0.137. The van der Waals surface area contributed by atoms with E-state index in [0.29, 0.717) is 52.1 Å². The van der Waals surface area contributed by atoms with Crippen LogP contribution in [-0.2, 0) is 33.8 Å². The third kappa shape index (κ3) is 8.25. The fourth-order valence-electron chi connectivity index (χ4n) is 7.09. The quantitative estimate of drug-likeness (QED) is 0.349. The van der Waals surface area contributed by atoms with E-state index in [-0.39, 0.29) is 29.2 Å². The molecule has 0 aromatic heterocycles. The highest BCUT2D eigenvalue weighted by atomic mass is 16.5. The zero-order valence-corrected chi connectivity index (χ0v) is 29.2. The van der Waals surface area contributed by atoms with Gasteiger partial charge in [-0.2, -0.15) is 0 Å². The number of carbonyl (C=O) groups is 3. The lowest BCUT2D eigenvalue weighted by Crippen LogP contribution is -2.52. The Kier molecular flexibility index (Phi) is 11.2. The van der Waals surface area contributed by atoms with Crippen LogP contribution >= 0.6 is 0 Å². The van der Waals surface area contributed by atoms with E-state index < -0.39 is 11.7 Å². The predicted molar refractivity (Wildman–Crippen MR) is 187 cm³/mol. The average molecular weight is 657 g/mol. The SMILES string of the molecule is COC1(C)C=C(CCC(C)(C)N2Cc3cccc(C(=O)N4CCN(C(=O)C(CCNC(C)=O)Cc5ccccc5)CC4)c3C2)C=CC1O. The number of rotatable bonds is 12. The van der Waals surface area contributed by atoms with Crippen molar-refractivity contribution in [2.75, 3.05) is 39.8 Å². The monoisotopic (exact) mass is 656 g/mol. The number of fused-ring (bicyclic) bond motifs is 1. The molecule has 1 aliphatic carbocycles. The van der Waals surface area contributed by atoms with E-state index >= 15 is 0 Å². The van der Waals surface area contributed by atoms with Gasteiger partial charge in [0.15, 0.2) is 0 Å². The minimum Gasteiger partial charge on any atom is -0.386 e. The van der Waals surface area contributed by atoms with Crippen molar-refractivity contribution in [3.8, 4) is 0 Å². The van der Waals surface area contributed by atoms with Crippen LogP contribution in [0.15, 0.2) is 72.3 Å². The Bertz CT molecular complexity index is 1530. The van der Waals surface area contributed by atoms with Crippen molar-refractivity contribution in [1.29, 1.82) is 0 Å². The van der Waals surface area contributed by atoms with Gasteiger partial charge in [-0.3, -0.25) is 19.3 Å². The molecule has 0 spiro atoms. The number of piperazine rings is 1. The first kappa shape index (κ1) is 35.5. The molecule has 1 saturated heterocycles. The molecule has 1 fully saturated rings. The predicted octanol–water partition coefficient (Wildman–Crippen LogP) is 4.49. The largest absolute Gasteiger partial charge is 0.386 e. The van der Waals surface area contributed by atoms with E-state index in [1.807, 2.05) is 77.4 Å². The Morgan fingerprint density at radius 1 is 1.02 bits per heavy atom. The van der Waals surface area contributed by atoms with Gasteiger partial charge in [0.25, 0.3) is 5.91 Å². The van der Waals surface area contributed by atoms with Crippen LogP contribution in [0, 0.1) is 5.92 Å². The van der Waals surface area contributed by atoms with Crippen molar-refractivity contribution in [2.24, 2.45) is 5.92 Å². The number of hydrogen-bond acceptors (Lipinski definition) is 6. The molecule has 2 heterocycles. The second kappa shape index (κ2) is 15.2. The van der Waals surface area contributed by atoms with E-state index in [2.05, 4.69) is 30.1 Å². The second-order valence-corrected chi connectivity index (χ2v) is 14.3. The minimum atomic E-state index is -0.718. The summed E-state index contributed by atoms with van der Waals surface area (Å²) >= 11 is 0. The molecule has 2 aromatic carbocycles. The summed E-state index contributed by atoms with van der Waals surface area (Å²) in [5.74, 6) is -0.231. The topological polar surface area (TPSA) is 102 Å². The number of hydrogen-bond donors (Lipinski definition) is 2. The molecule has 9 nitrogen and oxygen atoms in total. The van der Waals surface area contributed by atoms with Gasteiger partial charge in [-0.15, -0.1) is 0 Å². The highest BCUT2D eigenvalue weighted by molar-refractivity contribution is 5.96. The van der Waals surface area contributed by atoms with Crippen LogP contribution in [0.4, 0.5) is 0 Å². The van der Waals surface area contributed by atoms with Gasteiger partial charge in [0.2, 0.25) is 11.8 Å². The van der Waals surface area contributed by atoms with Crippen molar-refractivity contribution in [2.45, 2.75) is 83.7 Å². The smallest absolute Gasteiger partial charge is 0.254 e. The van der Waals surface area contributed by atoms with Crippen molar-refractivity contribution in [3.05, 3.63) is 94.6 Å². The fraction of sp³-hybridized carbons (Fsp3) is 0.513. The normalized spacial score (nSPS) is 21.9. The highest BCUT2D eigenvalue weighted by Crippen LogP contribution is 2.36. The molecular formula is C39H52N4O5. The van der Waals surface area contributed by atoms with E-state index in [9.17, 15) is 19.5 Å². The molecule has 0 saturated carbocycles. The Labute approximate surface area is 285 Å². The van der Waals surface area contributed by atoms with Crippen molar-refractivity contribution in [1.82, 2.24) is 20.0 Å². The molecule has 2 N–H and O–H groups in total. The lowest BCUT2D eigenvalue weighted by Gasteiger charge is -2.37. The maximum atomic E-state index is 13.9. The summed E-state index contributed by atoms with van der Waals surface area (Å²) in [4.78, 5) is 45.3. The molecule has 2 aliphatic heterocycles. The van der Waals surface area contributed by atoms with Gasteiger partial charge < -0.3 is 25.0 Å². The summed E-state index contributed by atoms with van der Waals surface area (Å²) in [5, 5.41) is 13.2. The Morgan fingerprint density at radius 3 is 2.42 bits per heavy atom. The van der Waals surface area contributed by atoms with E-state index in [4.69, 9.17) is 4.74 Å². The maximum absolute atomic E-state index is 13.9. The number of nitrogens with one attached hydrogen (secondary N) is 1. The molecule has 5 rings (SSSR count). The van der Waals surface area contributed by atoms with E-state index in [1.54, 1.807) is 7.11 Å². The van der Waals surface area contributed by atoms with E-state index in [0.717, 1.165) is 41.6 Å². The summed E-state index contributed by atoms with van der Waals surface area (Å²) in [6, 6.07) is 16.1. The first-order chi connectivity index (χ1) is 22.9. The van der Waals surface area contributed by atoms with Crippen LogP contribution in [0.2, 0.25) is 0 Å². The standard InChI is InChI=1S/C39H52N4O5/c1-28(44)40-19-17-31(24-29-10-7-6-8-11-29)36(46)41-20-22-42(23-21-41)37(47)33-13-9-12-32-26-43(27-34(32)33)38(2,3)18-16-30-14-15-35(45)39(4,25-30)48-5/h6-15,25,31,35,45H,16-24,26-27H2,1-5H3,(H,40,44). The van der Waals surface area contributed by atoms with E-state index in [1.165, 1.54) is 12.5 Å². The average Bonchev–Trinajstić information content (AvgIpc) is 3.54. The number of aliphatic hydroxyl groups excluding tert-OH is 1. The summed E-state index contributed by atoms with van der Waals surface area (Å²) in [7, 11) is 1.63. The number of ether oxygens (including phenoxy) is 1. The first-order valence-electron chi connectivity index (χ1n) is 17.3. The van der Waals surface area contributed by atoms with Gasteiger partial charge >= 0.3 is 0 Å². The fourth-order valence-corrected chi connectivity index (χ4v) is 7.09. The molecule has 48 heavy (non-hydrogen) atoms. The molecule has 2 aromatic rings. The number of carbonyl (C=O) groups excluding carboxylic acids is 3. The number of benzene rings is 2. The van der Waals surface area contributed by atoms with Crippen LogP contribution in [-0.4, -0.2) is 94.6 Å². The second-order valence-electron chi connectivity index (χ2n) is 14.3. The van der Waals surface area contributed by atoms with Crippen LogP contribution in [0.5, 0.6) is 0 Å². The van der Waals surface area contributed by atoms with Gasteiger partial charge in [-0.25, -0.2) is 0 Å². The van der Waals surface area contributed by atoms with Gasteiger partial charge in [0, 0.05) is 76.9 Å². The van der Waals surface area contributed by atoms with Gasteiger partial charge in [-0.05, 0) is 80.9 Å². The van der Waals surface area contributed by atoms with Crippen molar-refractivity contribution < 1.29 is 24.2 Å². The molecule has 3 aliphatic rings. The van der Waals surface area contributed by atoms with Crippen molar-refractivity contribution >= 4 is 17.7 Å². The first-order valence-corrected chi connectivity index (χ1v) is 17.3. The summed E-state index contributed by atoms with van der Waals surface area (Å²) in [6.45, 7) is 11.8. The van der Waals surface area contributed by atoms with Crippen LogP contribution < -0.4 is 5.32 Å². The highest BCUT2D eigenvalue weighted by Gasteiger charge is 2.37. The molecule has 0 radical (unpaired) electrons. The zero-order valence-electron chi connectivity index (χ0n) is 29.2. The Morgan fingerprint density at radius 2 is 1.73 bits per heavy atom. The molecule has 9 heteroatoms.